The number of halogens is 1. The van der Waals surface area contributed by atoms with Crippen molar-refractivity contribution >= 4 is 11.9 Å². The quantitative estimate of drug-likeness (QED) is 0.493. The lowest BCUT2D eigenvalue weighted by Crippen LogP contribution is -2.34. The molecule has 1 N–H and O–H groups in total. The standard InChI is InChI=1S/C6H8FNO3/c7-4-1-2-8(3-4)5(9)6(10)11/h4H,1-3H2,(H,10,11)/t4-/m1/s1. The summed E-state index contributed by atoms with van der Waals surface area (Å²) in [6.45, 7) is 0.136. The van der Waals surface area contributed by atoms with Gasteiger partial charge >= 0.3 is 11.9 Å². The smallest absolute Gasteiger partial charge is 0.394 e. The average molecular weight is 161 g/mol. The molecular weight excluding hydrogens is 153 g/mol. The first-order chi connectivity index (χ1) is 5.11. The Morgan fingerprint density at radius 1 is 1.55 bits per heavy atom. The third-order valence-electron chi connectivity index (χ3n) is 1.60. The van der Waals surface area contributed by atoms with E-state index in [2.05, 4.69) is 0 Å². The largest absolute Gasteiger partial charge is 0.474 e. The van der Waals surface area contributed by atoms with Crippen LogP contribution in [0.1, 0.15) is 6.42 Å². The molecule has 1 saturated heterocycles. The highest BCUT2D eigenvalue weighted by atomic mass is 19.1. The van der Waals surface area contributed by atoms with E-state index in [4.69, 9.17) is 5.11 Å². The fourth-order valence-electron chi connectivity index (χ4n) is 1.04. The van der Waals surface area contributed by atoms with Gasteiger partial charge in [-0.25, -0.2) is 9.18 Å². The number of carboxylic acids is 1. The molecule has 0 bridgehead atoms. The molecule has 1 atom stereocenters. The molecule has 1 amide bonds. The fourth-order valence-corrected chi connectivity index (χ4v) is 1.04. The van der Waals surface area contributed by atoms with Crippen molar-refractivity contribution in [1.29, 1.82) is 0 Å². The van der Waals surface area contributed by atoms with Gasteiger partial charge in [-0.1, -0.05) is 0 Å². The number of alkyl halides is 1. The van der Waals surface area contributed by atoms with Crippen molar-refractivity contribution in [3.05, 3.63) is 0 Å². The van der Waals surface area contributed by atoms with Crippen molar-refractivity contribution in [2.24, 2.45) is 0 Å². The molecule has 0 aromatic rings. The second kappa shape index (κ2) is 2.86. The maximum atomic E-state index is 12.4. The number of likely N-dealkylation sites (tertiary alicyclic amines) is 1. The monoisotopic (exact) mass is 161 g/mol. The van der Waals surface area contributed by atoms with Crippen LogP contribution in [0.3, 0.4) is 0 Å². The van der Waals surface area contributed by atoms with Crippen LogP contribution in [0.15, 0.2) is 0 Å². The summed E-state index contributed by atoms with van der Waals surface area (Å²) in [5.41, 5.74) is 0. The molecule has 1 fully saturated rings. The number of carboxylic acid groups (broad SMARTS) is 1. The van der Waals surface area contributed by atoms with Gasteiger partial charge in [0.15, 0.2) is 0 Å². The second-order valence-electron chi connectivity index (χ2n) is 2.44. The van der Waals surface area contributed by atoms with Gasteiger partial charge in [0, 0.05) is 6.54 Å². The number of rotatable bonds is 0. The molecule has 0 unspecified atom stereocenters. The minimum absolute atomic E-state index is 0.0782. The zero-order valence-electron chi connectivity index (χ0n) is 5.79. The second-order valence-corrected chi connectivity index (χ2v) is 2.44. The molecule has 11 heavy (non-hydrogen) atoms. The van der Waals surface area contributed by atoms with E-state index in [1.54, 1.807) is 0 Å². The highest BCUT2D eigenvalue weighted by Gasteiger charge is 2.29. The third kappa shape index (κ3) is 1.66. The summed E-state index contributed by atoms with van der Waals surface area (Å²) in [6.07, 6.45) is -0.808. The maximum Gasteiger partial charge on any atom is 0.394 e. The van der Waals surface area contributed by atoms with E-state index in [0.717, 1.165) is 4.90 Å². The highest BCUT2D eigenvalue weighted by molar-refractivity contribution is 6.31. The van der Waals surface area contributed by atoms with Crippen molar-refractivity contribution in [2.75, 3.05) is 13.1 Å². The molecule has 1 aliphatic heterocycles. The molecule has 0 aromatic carbocycles. The maximum absolute atomic E-state index is 12.4. The average Bonchev–Trinajstić information content (AvgIpc) is 2.34. The van der Waals surface area contributed by atoms with Crippen molar-refractivity contribution in [3.63, 3.8) is 0 Å². The Morgan fingerprint density at radius 2 is 2.18 bits per heavy atom. The Hall–Kier alpha value is -1.13. The van der Waals surface area contributed by atoms with E-state index in [-0.39, 0.29) is 19.5 Å². The molecular formula is C6H8FNO3. The summed E-state index contributed by atoms with van der Waals surface area (Å²) in [4.78, 5) is 21.7. The molecule has 4 nitrogen and oxygen atoms in total. The Labute approximate surface area is 62.6 Å². The Kier molecular flexibility index (Phi) is 2.07. The Bertz CT molecular complexity index is 194. The molecule has 1 aliphatic rings. The number of carbonyl (C=O) groups is 2. The molecule has 1 heterocycles. The van der Waals surface area contributed by atoms with Gasteiger partial charge < -0.3 is 10.0 Å². The molecule has 0 aliphatic carbocycles. The van der Waals surface area contributed by atoms with Gasteiger partial charge in [0.2, 0.25) is 0 Å². The van der Waals surface area contributed by atoms with E-state index in [0.29, 0.717) is 0 Å². The van der Waals surface area contributed by atoms with Crippen molar-refractivity contribution in [2.45, 2.75) is 12.6 Å². The lowest BCUT2D eigenvalue weighted by atomic mass is 10.3. The van der Waals surface area contributed by atoms with Crippen molar-refractivity contribution < 1.29 is 19.1 Å². The fraction of sp³-hybridized carbons (Fsp3) is 0.667. The highest BCUT2D eigenvalue weighted by Crippen LogP contribution is 2.11. The lowest BCUT2D eigenvalue weighted by Gasteiger charge is -2.10. The first kappa shape index (κ1) is 7.97. The summed E-state index contributed by atoms with van der Waals surface area (Å²) in [7, 11) is 0. The van der Waals surface area contributed by atoms with E-state index in [1.807, 2.05) is 0 Å². The first-order valence-electron chi connectivity index (χ1n) is 3.27. The number of amides is 1. The summed E-state index contributed by atoms with van der Waals surface area (Å²) < 4.78 is 12.4. The number of nitrogens with zero attached hydrogens (tertiary/aromatic N) is 1. The van der Waals surface area contributed by atoms with Crippen molar-refractivity contribution in [1.82, 2.24) is 4.90 Å². The van der Waals surface area contributed by atoms with Gasteiger partial charge in [0.25, 0.3) is 0 Å². The van der Waals surface area contributed by atoms with Gasteiger partial charge in [-0.05, 0) is 6.42 Å². The summed E-state index contributed by atoms with van der Waals surface area (Å²) in [6, 6.07) is 0. The van der Waals surface area contributed by atoms with E-state index < -0.39 is 18.0 Å². The molecule has 1 rings (SSSR count). The van der Waals surface area contributed by atoms with E-state index in [1.165, 1.54) is 0 Å². The van der Waals surface area contributed by atoms with Crippen LogP contribution in [0.4, 0.5) is 4.39 Å². The minimum Gasteiger partial charge on any atom is -0.474 e. The number of aliphatic carboxylic acids is 1. The predicted octanol–water partition coefficient (Wildman–Crippen LogP) is -0.359. The van der Waals surface area contributed by atoms with Gasteiger partial charge in [0.05, 0.1) is 6.54 Å². The number of hydrogen-bond donors (Lipinski definition) is 1. The molecule has 5 heteroatoms. The van der Waals surface area contributed by atoms with Crippen LogP contribution in [0, 0.1) is 0 Å². The van der Waals surface area contributed by atoms with Gasteiger partial charge in [-0.2, -0.15) is 0 Å². The minimum atomic E-state index is -1.51. The van der Waals surface area contributed by atoms with E-state index >= 15 is 0 Å². The topological polar surface area (TPSA) is 57.6 Å². The molecule has 62 valence electrons. The van der Waals surface area contributed by atoms with Gasteiger partial charge in [-0.3, -0.25) is 4.79 Å². The van der Waals surface area contributed by atoms with Crippen molar-refractivity contribution in [3.8, 4) is 0 Å². The molecule has 0 saturated carbocycles. The first-order valence-corrected chi connectivity index (χ1v) is 3.27. The molecule has 0 aromatic heterocycles. The third-order valence-corrected chi connectivity index (χ3v) is 1.60. The number of hydrogen-bond acceptors (Lipinski definition) is 2. The van der Waals surface area contributed by atoms with Crippen LogP contribution in [-0.4, -0.2) is 41.1 Å². The van der Waals surface area contributed by atoms with Crippen LogP contribution in [0.25, 0.3) is 0 Å². The van der Waals surface area contributed by atoms with Crippen LogP contribution in [0.2, 0.25) is 0 Å². The zero-order valence-corrected chi connectivity index (χ0v) is 5.79. The summed E-state index contributed by atoms with van der Waals surface area (Å²) in [5, 5.41) is 8.22. The summed E-state index contributed by atoms with van der Waals surface area (Å²) in [5.74, 6) is -2.52. The lowest BCUT2D eigenvalue weighted by molar-refractivity contribution is -0.155. The zero-order chi connectivity index (χ0) is 8.43. The number of carbonyl (C=O) groups excluding carboxylic acids is 1. The predicted molar refractivity (Wildman–Crippen MR) is 33.7 cm³/mol. The molecule has 0 spiro atoms. The Balaban J connectivity index is 2.50. The molecule has 0 radical (unpaired) electrons. The van der Waals surface area contributed by atoms with Crippen LogP contribution >= 0.6 is 0 Å². The Morgan fingerprint density at radius 3 is 2.55 bits per heavy atom. The van der Waals surface area contributed by atoms with Gasteiger partial charge in [0.1, 0.15) is 6.17 Å². The SMILES string of the molecule is O=C(O)C(=O)N1CC[C@@H](F)C1. The van der Waals surface area contributed by atoms with Crippen LogP contribution < -0.4 is 0 Å². The van der Waals surface area contributed by atoms with Crippen LogP contribution in [0.5, 0.6) is 0 Å². The van der Waals surface area contributed by atoms with Gasteiger partial charge in [-0.15, -0.1) is 0 Å². The van der Waals surface area contributed by atoms with Crippen LogP contribution in [-0.2, 0) is 9.59 Å². The summed E-state index contributed by atoms with van der Waals surface area (Å²) >= 11 is 0. The van der Waals surface area contributed by atoms with E-state index in [9.17, 15) is 14.0 Å². The normalized spacial score (nSPS) is 23.7.